The predicted molar refractivity (Wildman–Crippen MR) is 197 cm³/mol. The van der Waals surface area contributed by atoms with E-state index >= 15 is 0 Å². The van der Waals surface area contributed by atoms with Gasteiger partial charge in [-0.15, -0.1) is 0 Å². The maximum atomic E-state index is 10.4. The van der Waals surface area contributed by atoms with Gasteiger partial charge >= 0.3 is 0 Å². The molecule has 2 aliphatic heterocycles. The lowest BCUT2D eigenvalue weighted by molar-refractivity contribution is -0.0947. The monoisotopic (exact) mass is 757 g/mol. The van der Waals surface area contributed by atoms with Crippen LogP contribution < -0.4 is 0 Å². The van der Waals surface area contributed by atoms with Crippen LogP contribution in [0.3, 0.4) is 0 Å². The van der Waals surface area contributed by atoms with Gasteiger partial charge in [0.1, 0.15) is 31.2 Å². The van der Waals surface area contributed by atoms with Crippen LogP contribution in [-0.4, -0.2) is 145 Å². The van der Waals surface area contributed by atoms with Crippen molar-refractivity contribution in [1.82, 2.24) is 0 Å². The fraction of sp³-hybridized carbons (Fsp3) is 1.00. The number of hydrogen-bond acceptors (Lipinski definition) is 12. The largest absolute Gasteiger partial charge is 0.388 e. The molecule has 308 valence electrons. The molecule has 53 heavy (non-hydrogen) atoms. The number of ether oxygens (including phenoxy) is 10. The summed E-state index contributed by atoms with van der Waals surface area (Å²) in [6.45, 7) is 7.75. The van der Waals surface area contributed by atoms with Crippen LogP contribution in [0.25, 0.3) is 0 Å². The Morgan fingerprint density at radius 3 is 1.00 bits per heavy atom. The molecule has 2 N–H and O–H groups in total. The molecule has 4 saturated carbocycles. The van der Waals surface area contributed by atoms with Crippen LogP contribution in [-0.2, 0) is 47.4 Å². The molecule has 12 nitrogen and oxygen atoms in total. The second kappa shape index (κ2) is 23.7. The van der Waals surface area contributed by atoms with Crippen LogP contribution in [0.2, 0.25) is 0 Å². The summed E-state index contributed by atoms with van der Waals surface area (Å²) in [5, 5.41) is 20.8. The first kappa shape index (κ1) is 42.1. The SMILES string of the molecule is OC(COCC1CCC(OCC2CO2)CC1)COC1CCC(COCOCC2CCC(OCC(O)COCC3CCC(OCC4CO4)CC3)CC2)CC1. The third kappa shape index (κ3) is 17.3. The summed E-state index contributed by atoms with van der Waals surface area (Å²) in [6, 6.07) is 0. The second-order valence-electron chi connectivity index (χ2n) is 17.1. The van der Waals surface area contributed by atoms with E-state index in [4.69, 9.17) is 47.4 Å². The third-order valence-electron chi connectivity index (χ3n) is 12.3. The predicted octanol–water partition coefficient (Wildman–Crippen LogP) is 4.83. The van der Waals surface area contributed by atoms with Crippen LogP contribution in [0.5, 0.6) is 0 Å². The smallest absolute Gasteiger partial charge is 0.146 e. The highest BCUT2D eigenvalue weighted by molar-refractivity contribution is 4.78. The second-order valence-corrected chi connectivity index (χ2v) is 17.1. The van der Waals surface area contributed by atoms with E-state index in [-0.39, 0.29) is 12.2 Å². The summed E-state index contributed by atoms with van der Waals surface area (Å²) in [4.78, 5) is 0. The van der Waals surface area contributed by atoms with Crippen molar-refractivity contribution < 1.29 is 57.6 Å². The Hall–Kier alpha value is -0.480. The Bertz CT molecular complexity index is 861. The fourth-order valence-corrected chi connectivity index (χ4v) is 8.50. The molecule has 0 bridgehead atoms. The first-order chi connectivity index (χ1) is 26.0. The standard InChI is InChI=1S/C41H72O12/c42-34(21-44-17-30-1-13-38(14-2-30)50-25-40-27-52-40)23-48-36-9-5-32(6-10-36)19-46-29-47-20-33-7-11-37(12-8-33)49-24-35(43)22-45-18-31-3-15-39(16-4-31)51-26-41-28-53-41/h30-43H,1-29H2. The highest BCUT2D eigenvalue weighted by Gasteiger charge is 2.29. The maximum Gasteiger partial charge on any atom is 0.146 e. The van der Waals surface area contributed by atoms with Crippen LogP contribution >= 0.6 is 0 Å². The lowest BCUT2D eigenvalue weighted by Gasteiger charge is -2.30. The van der Waals surface area contributed by atoms with E-state index in [1.54, 1.807) is 0 Å². The first-order valence-corrected chi connectivity index (χ1v) is 21.4. The number of rotatable bonds is 26. The zero-order valence-corrected chi connectivity index (χ0v) is 32.4. The van der Waals surface area contributed by atoms with Crippen molar-refractivity contribution in [2.75, 3.05) is 86.1 Å². The Balaban J connectivity index is 0.679. The van der Waals surface area contributed by atoms with Crippen LogP contribution in [0.4, 0.5) is 0 Å². The van der Waals surface area contributed by atoms with E-state index in [0.717, 1.165) is 142 Å². The molecule has 4 aliphatic carbocycles. The average molecular weight is 757 g/mol. The van der Waals surface area contributed by atoms with Crippen LogP contribution in [0.1, 0.15) is 103 Å². The highest BCUT2D eigenvalue weighted by Crippen LogP contribution is 2.30. The molecular weight excluding hydrogens is 684 g/mol. The van der Waals surface area contributed by atoms with E-state index in [1.165, 1.54) is 0 Å². The van der Waals surface area contributed by atoms with Gasteiger partial charge in [0, 0.05) is 13.2 Å². The molecule has 2 heterocycles. The van der Waals surface area contributed by atoms with E-state index in [2.05, 4.69) is 0 Å². The Morgan fingerprint density at radius 2 is 0.679 bits per heavy atom. The van der Waals surface area contributed by atoms with Gasteiger partial charge in [0.05, 0.1) is 90.5 Å². The zero-order valence-electron chi connectivity index (χ0n) is 32.4. The zero-order chi connectivity index (χ0) is 36.5. The molecule has 0 aromatic heterocycles. The average Bonchev–Trinajstić information content (AvgIpc) is 4.13. The van der Waals surface area contributed by atoms with Gasteiger partial charge in [0.2, 0.25) is 0 Å². The topological polar surface area (TPSA) is 139 Å². The Labute approximate surface area is 318 Å². The van der Waals surface area contributed by atoms with Gasteiger partial charge < -0.3 is 57.6 Å². The van der Waals surface area contributed by atoms with Gasteiger partial charge in [-0.05, 0) is 126 Å². The van der Waals surface area contributed by atoms with Crippen molar-refractivity contribution in [1.29, 1.82) is 0 Å². The lowest BCUT2D eigenvalue weighted by atomic mass is 9.88. The minimum atomic E-state index is -0.577. The van der Waals surface area contributed by atoms with Gasteiger partial charge in [0.15, 0.2) is 0 Å². The molecule has 2 saturated heterocycles. The number of aliphatic hydroxyl groups is 2. The lowest BCUT2D eigenvalue weighted by Crippen LogP contribution is -2.31. The fourth-order valence-electron chi connectivity index (χ4n) is 8.50. The minimum absolute atomic E-state index is 0.206. The van der Waals surface area contributed by atoms with Crippen molar-refractivity contribution >= 4 is 0 Å². The van der Waals surface area contributed by atoms with E-state index in [9.17, 15) is 10.2 Å². The van der Waals surface area contributed by atoms with E-state index in [0.29, 0.717) is 94.5 Å². The van der Waals surface area contributed by atoms with Crippen molar-refractivity contribution in [2.45, 2.75) is 152 Å². The number of hydrogen-bond donors (Lipinski definition) is 2. The molecule has 4 atom stereocenters. The Kier molecular flexibility index (Phi) is 18.8. The summed E-state index contributed by atoms with van der Waals surface area (Å²) in [5.41, 5.74) is 0. The van der Waals surface area contributed by atoms with Crippen molar-refractivity contribution in [3.05, 3.63) is 0 Å². The quantitative estimate of drug-likeness (QED) is 0.0710. The molecule has 4 unspecified atom stereocenters. The normalized spacial score (nSPS) is 35.9. The van der Waals surface area contributed by atoms with Gasteiger partial charge in [-0.2, -0.15) is 0 Å². The summed E-state index contributed by atoms with van der Waals surface area (Å²) < 4.78 is 57.9. The molecule has 0 spiro atoms. The van der Waals surface area contributed by atoms with Crippen LogP contribution in [0, 0.1) is 23.7 Å². The van der Waals surface area contributed by atoms with Crippen molar-refractivity contribution in [2.24, 2.45) is 23.7 Å². The highest BCUT2D eigenvalue weighted by atomic mass is 16.7. The van der Waals surface area contributed by atoms with Gasteiger partial charge in [-0.1, -0.05) is 0 Å². The van der Waals surface area contributed by atoms with Crippen molar-refractivity contribution in [3.8, 4) is 0 Å². The molecule has 6 aliphatic rings. The van der Waals surface area contributed by atoms with Gasteiger partial charge in [0.25, 0.3) is 0 Å². The summed E-state index contributed by atoms with van der Waals surface area (Å²) in [6.07, 6.45) is 17.9. The molecule has 0 aromatic rings. The van der Waals surface area contributed by atoms with Gasteiger partial charge in [-0.3, -0.25) is 0 Å². The van der Waals surface area contributed by atoms with E-state index < -0.39 is 12.2 Å². The number of aliphatic hydroxyl groups excluding tert-OH is 2. The first-order valence-electron chi connectivity index (χ1n) is 21.4. The summed E-state index contributed by atoms with van der Waals surface area (Å²) >= 11 is 0. The van der Waals surface area contributed by atoms with E-state index in [1.807, 2.05) is 0 Å². The maximum absolute atomic E-state index is 10.4. The van der Waals surface area contributed by atoms with Crippen LogP contribution in [0.15, 0.2) is 0 Å². The third-order valence-corrected chi connectivity index (χ3v) is 12.3. The molecule has 0 amide bonds. The molecule has 0 radical (unpaired) electrons. The Morgan fingerprint density at radius 1 is 0.377 bits per heavy atom. The van der Waals surface area contributed by atoms with Gasteiger partial charge in [-0.25, -0.2) is 0 Å². The summed E-state index contributed by atoms with van der Waals surface area (Å²) in [5.74, 6) is 2.19. The van der Waals surface area contributed by atoms with Crippen molar-refractivity contribution in [3.63, 3.8) is 0 Å². The summed E-state index contributed by atoms with van der Waals surface area (Å²) in [7, 11) is 0. The molecule has 6 rings (SSSR count). The molecule has 6 fully saturated rings. The minimum Gasteiger partial charge on any atom is -0.388 e. The molecule has 12 heteroatoms. The molecular formula is C41H72O12. The number of epoxide rings is 2. The molecule has 0 aromatic carbocycles.